The smallest absolute Gasteiger partial charge is 0.0931 e. The molecule has 0 amide bonds. The molecule has 1 N–H and O–H groups in total. The van der Waals surface area contributed by atoms with Crippen molar-refractivity contribution >= 4 is 11.3 Å². The molecule has 0 spiro atoms. The molecule has 20 heavy (non-hydrogen) atoms. The summed E-state index contributed by atoms with van der Waals surface area (Å²) in [5, 5.41) is 7.35. The van der Waals surface area contributed by atoms with Gasteiger partial charge < -0.3 is 5.32 Å². The lowest BCUT2D eigenvalue weighted by molar-refractivity contribution is 0.363. The standard InChI is InChI=1S/C17H28N2S/c1-17(2,3)15-11-20-16(19-15)9-12-5-4-6-13(12)10-18-14-7-8-14/h11-14,18H,4-10H2,1-3H3. The van der Waals surface area contributed by atoms with Gasteiger partial charge in [0.1, 0.15) is 0 Å². The molecule has 2 aliphatic carbocycles. The van der Waals surface area contributed by atoms with Crippen molar-refractivity contribution in [1.82, 2.24) is 10.3 Å². The van der Waals surface area contributed by atoms with Crippen molar-refractivity contribution in [3.63, 3.8) is 0 Å². The van der Waals surface area contributed by atoms with E-state index < -0.39 is 0 Å². The molecular formula is C17H28N2S. The average molecular weight is 292 g/mol. The quantitative estimate of drug-likeness (QED) is 0.882. The average Bonchev–Trinajstić information content (AvgIpc) is 2.90. The zero-order chi connectivity index (χ0) is 14.2. The van der Waals surface area contributed by atoms with Crippen LogP contribution in [-0.4, -0.2) is 17.6 Å². The van der Waals surface area contributed by atoms with Gasteiger partial charge in [-0.3, -0.25) is 0 Å². The molecule has 0 bridgehead atoms. The number of thiazole rings is 1. The second-order valence-electron chi connectivity index (χ2n) is 7.71. The zero-order valence-corrected chi connectivity index (χ0v) is 13.9. The highest BCUT2D eigenvalue weighted by molar-refractivity contribution is 7.09. The maximum atomic E-state index is 4.89. The van der Waals surface area contributed by atoms with Crippen LogP contribution in [0.1, 0.15) is 63.6 Å². The first-order valence-electron chi connectivity index (χ1n) is 8.20. The summed E-state index contributed by atoms with van der Waals surface area (Å²) in [7, 11) is 0. The summed E-state index contributed by atoms with van der Waals surface area (Å²) in [6.07, 6.45) is 8.25. The summed E-state index contributed by atoms with van der Waals surface area (Å²) in [5.41, 5.74) is 1.46. The molecule has 2 unspecified atom stereocenters. The van der Waals surface area contributed by atoms with Crippen LogP contribution in [0.5, 0.6) is 0 Å². The minimum absolute atomic E-state index is 0.192. The molecule has 1 heterocycles. The van der Waals surface area contributed by atoms with Crippen LogP contribution < -0.4 is 5.32 Å². The van der Waals surface area contributed by atoms with Gasteiger partial charge in [0.15, 0.2) is 0 Å². The fraction of sp³-hybridized carbons (Fsp3) is 0.824. The third-order valence-electron chi connectivity index (χ3n) is 4.82. The number of hydrogen-bond donors (Lipinski definition) is 1. The van der Waals surface area contributed by atoms with Crippen LogP contribution in [0.25, 0.3) is 0 Å². The second kappa shape index (κ2) is 5.76. The molecule has 2 nitrogen and oxygen atoms in total. The van der Waals surface area contributed by atoms with E-state index in [1.807, 2.05) is 11.3 Å². The number of nitrogens with one attached hydrogen (secondary N) is 1. The fourth-order valence-electron chi connectivity index (χ4n) is 3.23. The molecule has 0 aliphatic heterocycles. The van der Waals surface area contributed by atoms with Gasteiger partial charge in [-0.1, -0.05) is 27.2 Å². The maximum Gasteiger partial charge on any atom is 0.0931 e. The van der Waals surface area contributed by atoms with Crippen LogP contribution in [0, 0.1) is 11.8 Å². The summed E-state index contributed by atoms with van der Waals surface area (Å²) >= 11 is 1.87. The largest absolute Gasteiger partial charge is 0.314 e. The Bertz CT molecular complexity index is 442. The topological polar surface area (TPSA) is 24.9 Å². The number of rotatable bonds is 5. The zero-order valence-electron chi connectivity index (χ0n) is 13.1. The molecule has 0 saturated heterocycles. The molecule has 2 saturated carbocycles. The predicted octanol–water partition coefficient (Wildman–Crippen LogP) is 4.15. The molecule has 1 aromatic heterocycles. The van der Waals surface area contributed by atoms with Gasteiger partial charge in [-0.05, 0) is 44.1 Å². The molecule has 3 heteroatoms. The summed E-state index contributed by atoms with van der Waals surface area (Å²) in [6.45, 7) is 8.00. The highest BCUT2D eigenvalue weighted by Crippen LogP contribution is 2.35. The SMILES string of the molecule is CC(C)(C)c1csc(CC2CCCC2CNC2CC2)n1. The van der Waals surface area contributed by atoms with Gasteiger partial charge in [-0.15, -0.1) is 11.3 Å². The van der Waals surface area contributed by atoms with Crippen molar-refractivity contribution in [3.05, 3.63) is 16.1 Å². The van der Waals surface area contributed by atoms with E-state index in [0.29, 0.717) is 0 Å². The molecule has 3 rings (SSSR count). The Labute approximate surface area is 127 Å². The third-order valence-corrected chi connectivity index (χ3v) is 5.69. The maximum absolute atomic E-state index is 4.89. The Morgan fingerprint density at radius 3 is 2.60 bits per heavy atom. The first-order chi connectivity index (χ1) is 9.52. The van der Waals surface area contributed by atoms with E-state index in [1.165, 1.54) is 55.8 Å². The van der Waals surface area contributed by atoms with Crippen molar-refractivity contribution in [3.8, 4) is 0 Å². The van der Waals surface area contributed by atoms with Crippen molar-refractivity contribution < 1.29 is 0 Å². The molecular weight excluding hydrogens is 264 g/mol. The van der Waals surface area contributed by atoms with Gasteiger partial charge in [-0.25, -0.2) is 4.98 Å². The highest BCUT2D eigenvalue weighted by Gasteiger charge is 2.30. The van der Waals surface area contributed by atoms with Crippen molar-refractivity contribution in [2.24, 2.45) is 11.8 Å². The Balaban J connectivity index is 1.56. The molecule has 1 aromatic rings. The van der Waals surface area contributed by atoms with Crippen LogP contribution in [0.4, 0.5) is 0 Å². The lowest BCUT2D eigenvalue weighted by Gasteiger charge is -2.19. The number of aromatic nitrogens is 1. The van der Waals surface area contributed by atoms with Crippen molar-refractivity contribution in [2.75, 3.05) is 6.54 Å². The van der Waals surface area contributed by atoms with Crippen LogP contribution >= 0.6 is 11.3 Å². The predicted molar refractivity (Wildman–Crippen MR) is 86.4 cm³/mol. The summed E-state index contributed by atoms with van der Waals surface area (Å²) in [6, 6.07) is 0.851. The van der Waals surface area contributed by atoms with E-state index in [-0.39, 0.29) is 5.41 Å². The summed E-state index contributed by atoms with van der Waals surface area (Å²) in [4.78, 5) is 4.89. The fourth-order valence-corrected chi connectivity index (χ4v) is 4.35. The molecule has 2 atom stereocenters. The van der Waals surface area contributed by atoms with Crippen LogP contribution in [0.3, 0.4) is 0 Å². The van der Waals surface area contributed by atoms with E-state index in [1.54, 1.807) is 0 Å². The van der Waals surface area contributed by atoms with Crippen LogP contribution in [0.2, 0.25) is 0 Å². The van der Waals surface area contributed by atoms with E-state index in [2.05, 4.69) is 31.5 Å². The first-order valence-corrected chi connectivity index (χ1v) is 9.08. The number of nitrogens with zero attached hydrogens (tertiary/aromatic N) is 1. The Morgan fingerprint density at radius 1 is 1.20 bits per heavy atom. The van der Waals surface area contributed by atoms with Crippen molar-refractivity contribution in [2.45, 2.75) is 70.8 Å². The summed E-state index contributed by atoms with van der Waals surface area (Å²) in [5.74, 6) is 1.75. The van der Waals surface area contributed by atoms with Gasteiger partial charge in [0.25, 0.3) is 0 Å². The molecule has 2 aliphatic rings. The molecule has 2 fully saturated rings. The van der Waals surface area contributed by atoms with Gasteiger partial charge in [-0.2, -0.15) is 0 Å². The summed E-state index contributed by atoms with van der Waals surface area (Å²) < 4.78 is 0. The van der Waals surface area contributed by atoms with Crippen molar-refractivity contribution in [1.29, 1.82) is 0 Å². The monoisotopic (exact) mass is 292 g/mol. The van der Waals surface area contributed by atoms with E-state index >= 15 is 0 Å². The third kappa shape index (κ3) is 3.62. The molecule has 0 aromatic carbocycles. The lowest BCUT2D eigenvalue weighted by atomic mass is 9.92. The Kier molecular flexibility index (Phi) is 4.19. The van der Waals surface area contributed by atoms with Gasteiger partial charge in [0.2, 0.25) is 0 Å². The van der Waals surface area contributed by atoms with Crippen LogP contribution in [-0.2, 0) is 11.8 Å². The van der Waals surface area contributed by atoms with E-state index in [9.17, 15) is 0 Å². The van der Waals surface area contributed by atoms with Crippen LogP contribution in [0.15, 0.2) is 5.38 Å². The van der Waals surface area contributed by atoms with E-state index in [0.717, 1.165) is 17.9 Å². The lowest BCUT2D eigenvalue weighted by Crippen LogP contribution is -2.27. The Hall–Kier alpha value is -0.410. The minimum Gasteiger partial charge on any atom is -0.314 e. The number of hydrogen-bond acceptors (Lipinski definition) is 3. The normalized spacial score (nSPS) is 27.1. The first kappa shape index (κ1) is 14.5. The van der Waals surface area contributed by atoms with Gasteiger partial charge in [0.05, 0.1) is 10.7 Å². The van der Waals surface area contributed by atoms with Gasteiger partial charge in [0, 0.05) is 23.3 Å². The highest BCUT2D eigenvalue weighted by atomic mass is 32.1. The molecule has 112 valence electrons. The molecule has 0 radical (unpaired) electrons. The van der Waals surface area contributed by atoms with Gasteiger partial charge >= 0.3 is 0 Å². The van der Waals surface area contributed by atoms with E-state index in [4.69, 9.17) is 4.98 Å². The Morgan fingerprint density at radius 2 is 1.95 bits per heavy atom. The second-order valence-corrected chi connectivity index (χ2v) is 8.66. The minimum atomic E-state index is 0.192.